The average molecular weight is 381 g/mol. The van der Waals surface area contributed by atoms with Crippen molar-refractivity contribution >= 4 is 11.6 Å². The van der Waals surface area contributed by atoms with Crippen molar-refractivity contribution in [3.8, 4) is 0 Å². The lowest BCUT2D eigenvalue weighted by Gasteiger charge is -2.30. The van der Waals surface area contributed by atoms with Crippen molar-refractivity contribution in [2.24, 2.45) is 11.8 Å². The summed E-state index contributed by atoms with van der Waals surface area (Å²) >= 11 is 0. The number of fused-ring (bicyclic) bond motifs is 2. The molecule has 0 aromatic rings. The largest absolute Gasteiger partial charge is 0.298 e. The molecule has 0 amide bonds. The zero-order valence-electron chi connectivity index (χ0n) is 16.5. The molecule has 6 unspecified atom stereocenters. The van der Waals surface area contributed by atoms with E-state index in [9.17, 15) is 9.59 Å². The van der Waals surface area contributed by atoms with Gasteiger partial charge in [0.05, 0.1) is 12.1 Å². The number of Topliss-reactive ketones (excluding diaryl/α,β-unsaturated/α-hetero) is 2. The topological polar surface area (TPSA) is 40.6 Å². The van der Waals surface area contributed by atoms with Crippen LogP contribution in [0.15, 0.2) is 0 Å². The molecule has 2 aliphatic carbocycles. The number of rotatable bonds is 2. The standard InChI is InChI=1S/C11H19NO.C10H17NO.2CH4/c1-8(13)11-7-9-5-3-4-6-10(9)12(11)2;1-7(12)10-6-8-4-3-5-9(8)11(10)2;;/h9-11H,3-7H2,1-2H3;8-10H,3-6H2,1-2H3;2*1H4. The van der Waals surface area contributed by atoms with Crippen LogP contribution in [0.5, 0.6) is 0 Å². The Balaban J connectivity index is 0.000000252. The van der Waals surface area contributed by atoms with Crippen molar-refractivity contribution in [2.75, 3.05) is 14.1 Å². The molecule has 0 N–H and O–H groups in total. The molecule has 4 fully saturated rings. The van der Waals surface area contributed by atoms with E-state index in [2.05, 4.69) is 23.9 Å². The Bertz CT molecular complexity index is 507. The predicted octanol–water partition coefficient (Wildman–Crippen LogP) is 4.56. The monoisotopic (exact) mass is 380 g/mol. The van der Waals surface area contributed by atoms with E-state index < -0.39 is 0 Å². The minimum atomic E-state index is 0. The first-order valence-corrected chi connectivity index (χ1v) is 10.3. The summed E-state index contributed by atoms with van der Waals surface area (Å²) < 4.78 is 0. The van der Waals surface area contributed by atoms with Crippen LogP contribution in [0.2, 0.25) is 0 Å². The summed E-state index contributed by atoms with van der Waals surface area (Å²) in [6.45, 7) is 3.46. The van der Waals surface area contributed by atoms with Gasteiger partial charge >= 0.3 is 0 Å². The average Bonchev–Trinajstić information content (AvgIpc) is 3.24. The third kappa shape index (κ3) is 5.00. The van der Waals surface area contributed by atoms with Gasteiger partial charge in [-0.25, -0.2) is 0 Å². The third-order valence-electron chi connectivity index (χ3n) is 7.51. The fraction of sp³-hybridized carbons (Fsp3) is 0.913. The maximum atomic E-state index is 11.4. The van der Waals surface area contributed by atoms with Crippen LogP contribution >= 0.6 is 0 Å². The van der Waals surface area contributed by atoms with Crippen molar-refractivity contribution in [3.63, 3.8) is 0 Å². The van der Waals surface area contributed by atoms with Crippen LogP contribution in [0.25, 0.3) is 0 Å². The van der Waals surface area contributed by atoms with Crippen molar-refractivity contribution < 1.29 is 9.59 Å². The lowest BCUT2D eigenvalue weighted by Crippen LogP contribution is -2.38. The second-order valence-electron chi connectivity index (χ2n) is 8.93. The van der Waals surface area contributed by atoms with Crippen LogP contribution in [0.1, 0.15) is 86.5 Å². The van der Waals surface area contributed by atoms with Gasteiger partial charge in [-0.3, -0.25) is 19.4 Å². The van der Waals surface area contributed by atoms with E-state index in [-0.39, 0.29) is 26.9 Å². The Morgan fingerprint density at radius 2 is 1.04 bits per heavy atom. The molecule has 158 valence electrons. The van der Waals surface area contributed by atoms with Crippen LogP contribution in [0.4, 0.5) is 0 Å². The zero-order chi connectivity index (χ0) is 18.1. The van der Waals surface area contributed by atoms with Crippen molar-refractivity contribution in [2.45, 2.75) is 111 Å². The molecule has 6 atom stereocenters. The third-order valence-corrected chi connectivity index (χ3v) is 7.51. The summed E-state index contributed by atoms with van der Waals surface area (Å²) in [6, 6.07) is 1.90. The maximum Gasteiger partial charge on any atom is 0.146 e. The first kappa shape index (κ1) is 24.3. The van der Waals surface area contributed by atoms with Gasteiger partial charge in [-0.1, -0.05) is 34.1 Å². The maximum absolute atomic E-state index is 11.4. The highest BCUT2D eigenvalue weighted by atomic mass is 16.1. The molecule has 0 aromatic carbocycles. The van der Waals surface area contributed by atoms with Crippen molar-refractivity contribution in [1.82, 2.24) is 9.80 Å². The van der Waals surface area contributed by atoms with E-state index in [0.29, 0.717) is 17.6 Å². The van der Waals surface area contributed by atoms with Crippen LogP contribution < -0.4 is 0 Å². The lowest BCUT2D eigenvalue weighted by atomic mass is 9.84. The molecule has 2 aliphatic heterocycles. The minimum absolute atomic E-state index is 0. The van der Waals surface area contributed by atoms with E-state index >= 15 is 0 Å². The van der Waals surface area contributed by atoms with E-state index in [0.717, 1.165) is 30.7 Å². The number of carbonyl (C=O) groups excluding carboxylic acids is 2. The van der Waals surface area contributed by atoms with Crippen LogP contribution in [-0.2, 0) is 9.59 Å². The van der Waals surface area contributed by atoms with Gasteiger partial charge in [0.25, 0.3) is 0 Å². The van der Waals surface area contributed by atoms with Gasteiger partial charge in [0.1, 0.15) is 11.6 Å². The van der Waals surface area contributed by atoms with E-state index in [1.807, 2.05) is 0 Å². The number of hydrogen-bond donors (Lipinski definition) is 0. The summed E-state index contributed by atoms with van der Waals surface area (Å²) in [5.41, 5.74) is 0. The van der Waals surface area contributed by atoms with E-state index in [4.69, 9.17) is 0 Å². The highest BCUT2D eigenvalue weighted by molar-refractivity contribution is 5.82. The highest BCUT2D eigenvalue weighted by Gasteiger charge is 2.43. The molecule has 0 spiro atoms. The molecule has 4 rings (SSSR count). The van der Waals surface area contributed by atoms with Gasteiger partial charge in [0, 0.05) is 12.1 Å². The van der Waals surface area contributed by atoms with Gasteiger partial charge in [-0.15, -0.1) is 0 Å². The quantitative estimate of drug-likeness (QED) is 0.704. The van der Waals surface area contributed by atoms with Gasteiger partial charge in [-0.2, -0.15) is 0 Å². The van der Waals surface area contributed by atoms with Crippen molar-refractivity contribution in [3.05, 3.63) is 0 Å². The smallest absolute Gasteiger partial charge is 0.146 e. The number of hydrogen-bond acceptors (Lipinski definition) is 4. The number of likely N-dealkylation sites (N-methyl/N-ethyl adjacent to an activating group) is 2. The molecule has 2 saturated heterocycles. The molecule has 2 saturated carbocycles. The van der Waals surface area contributed by atoms with E-state index in [1.54, 1.807) is 13.8 Å². The molecular formula is C23H44N2O2. The van der Waals surface area contributed by atoms with Crippen LogP contribution in [0, 0.1) is 11.8 Å². The summed E-state index contributed by atoms with van der Waals surface area (Å²) in [4.78, 5) is 27.2. The first-order valence-electron chi connectivity index (χ1n) is 10.3. The van der Waals surface area contributed by atoms with Crippen LogP contribution in [-0.4, -0.2) is 59.6 Å². The minimum Gasteiger partial charge on any atom is -0.298 e. The molecule has 4 heteroatoms. The summed E-state index contributed by atoms with van der Waals surface area (Å²) in [5.74, 6) is 2.35. The molecular weight excluding hydrogens is 336 g/mol. The predicted molar refractivity (Wildman–Crippen MR) is 114 cm³/mol. The molecule has 27 heavy (non-hydrogen) atoms. The summed E-state index contributed by atoms with van der Waals surface area (Å²) in [5, 5.41) is 0. The molecule has 0 aromatic heterocycles. The Hall–Kier alpha value is -0.740. The van der Waals surface area contributed by atoms with Gasteiger partial charge < -0.3 is 0 Å². The second-order valence-corrected chi connectivity index (χ2v) is 8.93. The molecule has 0 radical (unpaired) electrons. The van der Waals surface area contributed by atoms with Crippen LogP contribution in [0.3, 0.4) is 0 Å². The normalized spacial score (nSPS) is 37.9. The van der Waals surface area contributed by atoms with Gasteiger partial charge in [-0.05, 0) is 78.3 Å². The van der Waals surface area contributed by atoms with Gasteiger partial charge in [0.2, 0.25) is 0 Å². The molecule has 4 nitrogen and oxygen atoms in total. The molecule has 2 heterocycles. The SMILES string of the molecule is C.C.CC(=O)C1CC2CCCC2N1C.CC(=O)C1CC2CCCCC2N1C. The van der Waals surface area contributed by atoms with Crippen molar-refractivity contribution in [1.29, 1.82) is 0 Å². The fourth-order valence-electron chi connectivity index (χ4n) is 6.10. The number of ketones is 2. The summed E-state index contributed by atoms with van der Waals surface area (Å²) in [7, 11) is 4.24. The Morgan fingerprint density at radius 3 is 1.44 bits per heavy atom. The molecule has 4 aliphatic rings. The fourth-order valence-corrected chi connectivity index (χ4v) is 6.10. The highest BCUT2D eigenvalue weighted by Crippen LogP contribution is 2.40. The number of carbonyl (C=O) groups is 2. The number of nitrogens with zero attached hydrogens (tertiary/aromatic N) is 2. The number of likely N-dealkylation sites (tertiary alicyclic amines) is 2. The van der Waals surface area contributed by atoms with E-state index in [1.165, 1.54) is 44.9 Å². The first-order chi connectivity index (χ1) is 11.9. The Morgan fingerprint density at radius 1 is 0.667 bits per heavy atom. The lowest BCUT2D eigenvalue weighted by molar-refractivity contribution is -0.122. The zero-order valence-corrected chi connectivity index (χ0v) is 16.5. The van der Waals surface area contributed by atoms with Gasteiger partial charge in [0.15, 0.2) is 0 Å². The second kappa shape index (κ2) is 10.2. The molecule has 0 bridgehead atoms. The Kier molecular flexibility index (Phi) is 9.14. The Labute approximate surface area is 168 Å². The summed E-state index contributed by atoms with van der Waals surface area (Å²) in [6.07, 6.45) is 11.7.